The first-order chi connectivity index (χ1) is 16.8. The van der Waals surface area contributed by atoms with E-state index in [2.05, 4.69) is 20.4 Å². The van der Waals surface area contributed by atoms with Crippen LogP contribution in [0.4, 0.5) is 4.79 Å². The molecule has 9 heteroatoms. The van der Waals surface area contributed by atoms with Crippen LogP contribution in [-0.2, 0) is 14.3 Å². The van der Waals surface area contributed by atoms with Crippen molar-refractivity contribution >= 4 is 17.9 Å². The molecule has 0 aromatic heterocycles. The van der Waals surface area contributed by atoms with Crippen LogP contribution < -0.4 is 16.4 Å². The normalized spacial score (nSPS) is 23.4. The summed E-state index contributed by atoms with van der Waals surface area (Å²) in [7, 11) is 0. The predicted molar refractivity (Wildman–Crippen MR) is 132 cm³/mol. The number of amides is 3. The first kappa shape index (κ1) is 25.2. The molecule has 0 saturated carbocycles. The molecular formula is C26H37N5O4. The topological polar surface area (TPSA) is 117 Å². The Bertz CT molecular complexity index is 976. The van der Waals surface area contributed by atoms with Gasteiger partial charge in [-0.25, -0.2) is 9.59 Å². The highest BCUT2D eigenvalue weighted by Gasteiger charge is 2.45. The molecule has 1 aromatic rings. The van der Waals surface area contributed by atoms with Gasteiger partial charge in [0, 0.05) is 25.3 Å². The van der Waals surface area contributed by atoms with E-state index >= 15 is 0 Å². The second kappa shape index (κ2) is 10.8. The maximum Gasteiger partial charge on any atom is 0.338 e. The van der Waals surface area contributed by atoms with Crippen LogP contribution in [0.5, 0.6) is 0 Å². The summed E-state index contributed by atoms with van der Waals surface area (Å²) in [6, 6.07) is 6.81. The Morgan fingerprint density at radius 2 is 1.74 bits per heavy atom. The number of nitrogens with one attached hydrogen (secondary N) is 2. The number of piperidine rings is 2. The Morgan fingerprint density at radius 3 is 2.34 bits per heavy atom. The van der Waals surface area contributed by atoms with Crippen molar-refractivity contribution in [2.75, 3.05) is 39.3 Å². The van der Waals surface area contributed by atoms with E-state index in [1.165, 1.54) is 6.42 Å². The number of aryl methyl sites for hydroxylation is 1. The van der Waals surface area contributed by atoms with E-state index in [1.54, 1.807) is 6.92 Å². The Morgan fingerprint density at radius 1 is 1.09 bits per heavy atom. The average molecular weight is 484 g/mol. The number of likely N-dealkylation sites (tertiary alicyclic amines) is 2. The van der Waals surface area contributed by atoms with E-state index in [0.29, 0.717) is 43.7 Å². The summed E-state index contributed by atoms with van der Waals surface area (Å²) < 4.78 is 5.38. The van der Waals surface area contributed by atoms with Gasteiger partial charge in [0.25, 0.3) is 0 Å². The van der Waals surface area contributed by atoms with Gasteiger partial charge >= 0.3 is 12.0 Å². The van der Waals surface area contributed by atoms with E-state index in [1.807, 2.05) is 31.2 Å². The number of nitrogens with two attached hydrogens (primary N) is 1. The number of esters is 1. The van der Waals surface area contributed by atoms with E-state index in [9.17, 15) is 14.4 Å². The smallest absolute Gasteiger partial charge is 0.338 e. The standard InChI is InChI=1S/C26H37N5O4/c1-3-35-23(32)21-20(28-25(34)29-22(21)19-9-7-18(2)8-10-19)17-30-15-11-26(12-16-30,24(27)33)31-13-5-4-6-14-31/h7-10,22H,3-6,11-17H2,1-2H3,(H2,27,33)(H2,28,29,34)/t22-/m0/s1. The maximum atomic E-state index is 13.0. The van der Waals surface area contributed by atoms with E-state index in [4.69, 9.17) is 10.5 Å². The fourth-order valence-electron chi connectivity index (χ4n) is 5.55. The lowest BCUT2D eigenvalue weighted by molar-refractivity contribution is -0.139. The van der Waals surface area contributed by atoms with Crippen LogP contribution in [0.3, 0.4) is 0 Å². The molecule has 9 nitrogen and oxygen atoms in total. The highest BCUT2D eigenvalue weighted by molar-refractivity contribution is 5.95. The van der Waals surface area contributed by atoms with E-state index in [-0.39, 0.29) is 18.5 Å². The van der Waals surface area contributed by atoms with Gasteiger partial charge in [0.2, 0.25) is 5.91 Å². The van der Waals surface area contributed by atoms with Crippen LogP contribution in [0.25, 0.3) is 0 Å². The lowest BCUT2D eigenvalue weighted by atomic mass is 9.83. The molecule has 1 aromatic carbocycles. The molecule has 2 saturated heterocycles. The molecule has 0 unspecified atom stereocenters. The quantitative estimate of drug-likeness (QED) is 0.511. The second-order valence-electron chi connectivity index (χ2n) is 9.77. The molecule has 3 amide bonds. The van der Waals surface area contributed by atoms with Gasteiger partial charge in [0.15, 0.2) is 0 Å². The number of benzene rings is 1. The van der Waals surface area contributed by atoms with Crippen LogP contribution in [0.1, 0.15) is 56.2 Å². The lowest BCUT2D eigenvalue weighted by Gasteiger charge is -2.48. The summed E-state index contributed by atoms with van der Waals surface area (Å²) in [5.41, 5.74) is 8.19. The van der Waals surface area contributed by atoms with Gasteiger partial charge in [0.05, 0.1) is 18.2 Å². The Kier molecular flexibility index (Phi) is 7.76. The second-order valence-corrected chi connectivity index (χ2v) is 9.77. The number of ether oxygens (including phenoxy) is 1. The molecule has 3 aliphatic rings. The lowest BCUT2D eigenvalue weighted by Crippen LogP contribution is -2.63. The minimum absolute atomic E-state index is 0.241. The fourth-order valence-corrected chi connectivity index (χ4v) is 5.55. The fraction of sp³-hybridized carbons (Fsp3) is 0.577. The molecule has 4 N–H and O–H groups in total. The third kappa shape index (κ3) is 5.36. The van der Waals surface area contributed by atoms with E-state index in [0.717, 1.165) is 37.1 Å². The van der Waals surface area contributed by atoms with Crippen molar-refractivity contribution < 1.29 is 19.1 Å². The Balaban J connectivity index is 1.57. The van der Waals surface area contributed by atoms with Crippen molar-refractivity contribution in [3.63, 3.8) is 0 Å². The summed E-state index contributed by atoms with van der Waals surface area (Å²) in [4.78, 5) is 42.7. The largest absolute Gasteiger partial charge is 0.463 e. The number of hydrogen-bond acceptors (Lipinski definition) is 6. The first-order valence-electron chi connectivity index (χ1n) is 12.7. The van der Waals surface area contributed by atoms with E-state index < -0.39 is 17.6 Å². The molecule has 35 heavy (non-hydrogen) atoms. The molecular weight excluding hydrogens is 446 g/mol. The van der Waals surface area contributed by atoms with Crippen LogP contribution in [0, 0.1) is 6.92 Å². The number of carbonyl (C=O) groups is 3. The van der Waals surface area contributed by atoms with Crippen molar-refractivity contribution in [3.8, 4) is 0 Å². The summed E-state index contributed by atoms with van der Waals surface area (Å²) in [6.45, 7) is 7.49. The van der Waals surface area contributed by atoms with Gasteiger partial charge in [-0.2, -0.15) is 0 Å². The maximum absolute atomic E-state index is 13.0. The Hall–Kier alpha value is -2.91. The van der Waals surface area contributed by atoms with Crippen LogP contribution in [-0.4, -0.2) is 72.6 Å². The summed E-state index contributed by atoms with van der Waals surface area (Å²) >= 11 is 0. The monoisotopic (exact) mass is 483 g/mol. The number of primary amides is 1. The number of hydrogen-bond donors (Lipinski definition) is 3. The molecule has 0 spiro atoms. The highest BCUT2D eigenvalue weighted by Crippen LogP contribution is 2.33. The molecule has 0 radical (unpaired) electrons. The minimum Gasteiger partial charge on any atom is -0.463 e. The van der Waals surface area contributed by atoms with Gasteiger partial charge in [-0.05, 0) is 58.2 Å². The highest BCUT2D eigenvalue weighted by atomic mass is 16.5. The SMILES string of the molecule is CCOC(=O)C1=C(CN2CCC(C(N)=O)(N3CCCCC3)CC2)NC(=O)N[C@H]1c1ccc(C)cc1. The van der Waals surface area contributed by atoms with Crippen LogP contribution in [0.2, 0.25) is 0 Å². The van der Waals surface area contributed by atoms with Crippen LogP contribution >= 0.6 is 0 Å². The third-order valence-electron chi connectivity index (χ3n) is 7.54. The van der Waals surface area contributed by atoms with Gasteiger partial charge in [-0.15, -0.1) is 0 Å². The molecule has 3 heterocycles. The molecule has 190 valence electrons. The van der Waals surface area contributed by atoms with Crippen LogP contribution in [0.15, 0.2) is 35.5 Å². The molecule has 1 atom stereocenters. The predicted octanol–water partition coefficient (Wildman–Crippen LogP) is 1.97. The van der Waals surface area contributed by atoms with Crippen molar-refractivity contribution in [2.24, 2.45) is 5.73 Å². The number of nitrogens with zero attached hydrogens (tertiary/aromatic N) is 2. The van der Waals surface area contributed by atoms with Gasteiger partial charge in [-0.1, -0.05) is 36.2 Å². The number of rotatable bonds is 7. The first-order valence-corrected chi connectivity index (χ1v) is 12.7. The zero-order valence-corrected chi connectivity index (χ0v) is 20.8. The van der Waals surface area contributed by atoms with Crippen molar-refractivity contribution in [1.82, 2.24) is 20.4 Å². The molecule has 0 aliphatic carbocycles. The van der Waals surface area contributed by atoms with Crippen molar-refractivity contribution in [3.05, 3.63) is 46.7 Å². The number of carbonyl (C=O) groups excluding carboxylic acids is 3. The minimum atomic E-state index is -0.614. The number of urea groups is 1. The molecule has 0 bridgehead atoms. The third-order valence-corrected chi connectivity index (χ3v) is 7.54. The zero-order chi connectivity index (χ0) is 25.0. The van der Waals surface area contributed by atoms with Crippen molar-refractivity contribution in [2.45, 2.75) is 57.5 Å². The molecule has 3 aliphatic heterocycles. The molecule has 2 fully saturated rings. The molecule has 4 rings (SSSR count). The summed E-state index contributed by atoms with van der Waals surface area (Å²) in [6.07, 6.45) is 4.65. The van der Waals surface area contributed by atoms with Gasteiger partial charge in [-0.3, -0.25) is 14.6 Å². The summed E-state index contributed by atoms with van der Waals surface area (Å²) in [5.74, 6) is -0.697. The average Bonchev–Trinajstić information content (AvgIpc) is 2.85. The van der Waals surface area contributed by atoms with Gasteiger partial charge in [0.1, 0.15) is 5.54 Å². The van der Waals surface area contributed by atoms with Gasteiger partial charge < -0.3 is 21.1 Å². The zero-order valence-electron chi connectivity index (χ0n) is 20.8. The Labute approximate surface area is 207 Å². The summed E-state index contributed by atoms with van der Waals surface area (Å²) in [5, 5.41) is 5.74. The van der Waals surface area contributed by atoms with Crippen molar-refractivity contribution in [1.29, 1.82) is 0 Å².